The summed E-state index contributed by atoms with van der Waals surface area (Å²) in [5, 5.41) is 22.2. The number of piperazine rings is 1. The van der Waals surface area contributed by atoms with Gasteiger partial charge in [0.1, 0.15) is 18.2 Å². The molecule has 10 nitrogen and oxygen atoms in total. The van der Waals surface area contributed by atoms with Crippen molar-refractivity contribution in [2.75, 3.05) is 56.2 Å². The molecule has 4 heterocycles. The second kappa shape index (κ2) is 12.5. The van der Waals surface area contributed by atoms with Gasteiger partial charge in [-0.2, -0.15) is 15.2 Å². The van der Waals surface area contributed by atoms with Gasteiger partial charge < -0.3 is 29.4 Å². The summed E-state index contributed by atoms with van der Waals surface area (Å²) < 4.78 is 6.30. The number of aromatic nitrogens is 2. The van der Waals surface area contributed by atoms with E-state index in [2.05, 4.69) is 40.5 Å². The minimum Gasteiger partial charge on any atom is -0.508 e. The number of benzene rings is 2. The van der Waals surface area contributed by atoms with Gasteiger partial charge >= 0.3 is 6.01 Å². The third-order valence-electron chi connectivity index (χ3n) is 9.05. The molecular weight excluding hydrogens is 542 g/mol. The van der Waals surface area contributed by atoms with Crippen LogP contribution in [0.2, 0.25) is 0 Å². The number of hydrogen-bond acceptors (Lipinski definition) is 9. The molecule has 0 unspecified atom stereocenters. The first-order valence-electron chi connectivity index (χ1n) is 15.2. The molecule has 3 aliphatic rings. The fourth-order valence-corrected chi connectivity index (χ4v) is 6.75. The van der Waals surface area contributed by atoms with Gasteiger partial charge in [-0.05, 0) is 56.8 Å². The highest BCUT2D eigenvalue weighted by Gasteiger charge is 2.33. The van der Waals surface area contributed by atoms with Gasteiger partial charge in [-0.15, -0.1) is 0 Å². The lowest BCUT2D eigenvalue weighted by Crippen LogP contribution is -2.55. The fraction of sp³-hybridized carbons (Fsp3) is 0.455. The molecule has 1 amide bonds. The second-order valence-electron chi connectivity index (χ2n) is 11.8. The SMILES string of the molecule is C=CC(=O)N1CCN(c2nc(OC[C@@H]3CCCN3C)nc3c2CCCN(c2cc(O)cc4ccccc24)C3)C[C@@H]1CC#N. The molecule has 6 rings (SSSR count). The number of anilines is 2. The highest BCUT2D eigenvalue weighted by Crippen LogP contribution is 2.36. The Balaban J connectivity index is 1.36. The van der Waals surface area contributed by atoms with Crippen LogP contribution < -0.4 is 14.5 Å². The number of nitriles is 1. The van der Waals surface area contributed by atoms with E-state index in [1.807, 2.05) is 24.3 Å². The Hall–Kier alpha value is -4.36. The number of carbonyl (C=O) groups is 1. The normalized spacial score (nSPS) is 20.9. The van der Waals surface area contributed by atoms with Crippen molar-refractivity contribution >= 4 is 28.2 Å². The van der Waals surface area contributed by atoms with Crippen molar-refractivity contribution in [2.24, 2.45) is 0 Å². The Labute approximate surface area is 252 Å². The van der Waals surface area contributed by atoms with Crippen molar-refractivity contribution in [1.82, 2.24) is 19.8 Å². The van der Waals surface area contributed by atoms with E-state index in [1.165, 1.54) is 6.08 Å². The van der Waals surface area contributed by atoms with E-state index in [0.29, 0.717) is 44.8 Å². The zero-order valence-electron chi connectivity index (χ0n) is 24.8. The van der Waals surface area contributed by atoms with Crippen LogP contribution in [0.3, 0.4) is 0 Å². The van der Waals surface area contributed by atoms with Crippen LogP contribution in [0, 0.1) is 11.3 Å². The van der Waals surface area contributed by atoms with Gasteiger partial charge in [0.05, 0.1) is 30.8 Å². The van der Waals surface area contributed by atoms with Crippen molar-refractivity contribution in [2.45, 2.75) is 50.7 Å². The number of phenols is 1. The summed E-state index contributed by atoms with van der Waals surface area (Å²) in [6, 6.07) is 14.4. The number of fused-ring (bicyclic) bond motifs is 2. The molecule has 2 atom stereocenters. The predicted octanol–water partition coefficient (Wildman–Crippen LogP) is 3.88. The third kappa shape index (κ3) is 5.95. The number of likely N-dealkylation sites (N-methyl/N-ethyl adjacent to an activating group) is 1. The molecule has 0 spiro atoms. The minimum absolute atomic E-state index is 0.153. The van der Waals surface area contributed by atoms with Gasteiger partial charge in [0.2, 0.25) is 5.91 Å². The van der Waals surface area contributed by atoms with E-state index in [1.54, 1.807) is 11.0 Å². The maximum atomic E-state index is 12.6. The fourth-order valence-electron chi connectivity index (χ4n) is 6.75. The summed E-state index contributed by atoms with van der Waals surface area (Å²) in [5.41, 5.74) is 2.96. The molecule has 0 radical (unpaired) electrons. The molecule has 1 N–H and O–H groups in total. The lowest BCUT2D eigenvalue weighted by Gasteiger charge is -2.41. The van der Waals surface area contributed by atoms with Crippen molar-refractivity contribution in [3.63, 3.8) is 0 Å². The lowest BCUT2D eigenvalue weighted by atomic mass is 10.1. The first-order valence-corrected chi connectivity index (χ1v) is 15.2. The van der Waals surface area contributed by atoms with E-state index in [4.69, 9.17) is 14.7 Å². The highest BCUT2D eigenvalue weighted by molar-refractivity contribution is 5.95. The Bertz CT molecular complexity index is 1550. The van der Waals surface area contributed by atoms with Gasteiger partial charge in [0, 0.05) is 54.9 Å². The summed E-state index contributed by atoms with van der Waals surface area (Å²) in [4.78, 5) is 31.1. The van der Waals surface area contributed by atoms with E-state index < -0.39 is 0 Å². The second-order valence-corrected chi connectivity index (χ2v) is 11.8. The molecule has 3 aromatic rings. The highest BCUT2D eigenvalue weighted by atomic mass is 16.5. The average Bonchev–Trinajstić information content (AvgIpc) is 3.30. The first-order chi connectivity index (χ1) is 20.9. The summed E-state index contributed by atoms with van der Waals surface area (Å²) in [6.07, 6.45) is 5.47. The molecule has 0 aliphatic carbocycles. The van der Waals surface area contributed by atoms with Crippen molar-refractivity contribution in [3.8, 4) is 17.8 Å². The van der Waals surface area contributed by atoms with Crippen LogP contribution in [0.4, 0.5) is 11.5 Å². The first kappa shape index (κ1) is 28.7. The lowest BCUT2D eigenvalue weighted by molar-refractivity contribution is -0.128. The Morgan fingerprint density at radius 1 is 1.14 bits per heavy atom. The predicted molar refractivity (Wildman–Crippen MR) is 166 cm³/mol. The van der Waals surface area contributed by atoms with Gasteiger partial charge in [-0.1, -0.05) is 30.8 Å². The number of aromatic hydroxyl groups is 1. The number of amides is 1. The Morgan fingerprint density at radius 3 is 2.79 bits per heavy atom. The monoisotopic (exact) mass is 581 g/mol. The number of nitrogens with zero attached hydrogens (tertiary/aromatic N) is 7. The molecule has 0 saturated carbocycles. The molecule has 224 valence electrons. The van der Waals surface area contributed by atoms with Crippen LogP contribution in [-0.4, -0.2) is 89.2 Å². The molecule has 2 aromatic carbocycles. The zero-order chi connectivity index (χ0) is 29.9. The maximum absolute atomic E-state index is 12.6. The van der Waals surface area contributed by atoms with Gasteiger partial charge in [0.15, 0.2) is 0 Å². The number of phenolic OH excluding ortho intramolecular Hbond substituents is 1. The van der Waals surface area contributed by atoms with Crippen molar-refractivity contribution < 1.29 is 14.6 Å². The molecule has 3 aliphatic heterocycles. The van der Waals surface area contributed by atoms with Crippen LogP contribution >= 0.6 is 0 Å². The number of hydrogen-bond donors (Lipinski definition) is 1. The van der Waals surface area contributed by atoms with E-state index >= 15 is 0 Å². The molecule has 2 fully saturated rings. The zero-order valence-corrected chi connectivity index (χ0v) is 24.8. The van der Waals surface area contributed by atoms with Crippen molar-refractivity contribution in [3.05, 3.63) is 60.3 Å². The van der Waals surface area contributed by atoms with E-state index in [-0.39, 0.29) is 24.1 Å². The third-order valence-corrected chi connectivity index (χ3v) is 9.05. The summed E-state index contributed by atoms with van der Waals surface area (Å²) in [6.45, 7) is 8.17. The summed E-state index contributed by atoms with van der Waals surface area (Å²) in [7, 11) is 2.13. The summed E-state index contributed by atoms with van der Waals surface area (Å²) in [5.74, 6) is 0.915. The Kier molecular flexibility index (Phi) is 8.34. The van der Waals surface area contributed by atoms with E-state index in [9.17, 15) is 15.2 Å². The van der Waals surface area contributed by atoms with Crippen LogP contribution in [-0.2, 0) is 17.8 Å². The number of likely N-dealkylation sites (tertiary alicyclic amines) is 1. The van der Waals surface area contributed by atoms with Crippen molar-refractivity contribution in [1.29, 1.82) is 5.26 Å². The Morgan fingerprint density at radius 2 is 2.00 bits per heavy atom. The van der Waals surface area contributed by atoms with E-state index in [0.717, 1.165) is 72.3 Å². The molecule has 10 heteroatoms. The standard InChI is InChI=1S/C33H39N7O3/c1-3-31(42)40-17-16-39(20-24(40)12-13-34)32-28-11-7-15-38(30-19-26(41)18-23-8-4-5-10-27(23)30)21-29(28)35-33(36-32)43-22-25-9-6-14-37(25)2/h3-5,8,10,18-19,24-25,41H,1,6-7,9,11-12,14-17,20-22H2,2H3/t24-,25-/m0/s1. The number of ether oxygens (including phenoxy) is 1. The van der Waals surface area contributed by atoms with Crippen LogP contribution in [0.1, 0.15) is 36.9 Å². The minimum atomic E-state index is -0.257. The van der Waals surface area contributed by atoms with Gasteiger partial charge in [-0.3, -0.25) is 4.79 Å². The van der Waals surface area contributed by atoms with Crippen LogP contribution in [0.15, 0.2) is 49.1 Å². The number of carbonyl (C=O) groups excluding carboxylic acids is 1. The van der Waals surface area contributed by atoms with Crippen LogP contribution in [0.5, 0.6) is 11.8 Å². The summed E-state index contributed by atoms with van der Waals surface area (Å²) >= 11 is 0. The maximum Gasteiger partial charge on any atom is 0.318 e. The smallest absolute Gasteiger partial charge is 0.318 e. The quantitative estimate of drug-likeness (QED) is 0.416. The van der Waals surface area contributed by atoms with Gasteiger partial charge in [0.25, 0.3) is 0 Å². The average molecular weight is 582 g/mol. The molecule has 0 bridgehead atoms. The molecule has 1 aromatic heterocycles. The molecule has 43 heavy (non-hydrogen) atoms. The number of rotatable bonds is 7. The molecular formula is C33H39N7O3. The van der Waals surface area contributed by atoms with Gasteiger partial charge in [-0.25, -0.2) is 0 Å². The molecule has 2 saturated heterocycles. The topological polar surface area (TPSA) is 109 Å². The van der Waals surface area contributed by atoms with Crippen LogP contribution in [0.25, 0.3) is 10.8 Å². The largest absolute Gasteiger partial charge is 0.508 e.